The first-order valence-electron chi connectivity index (χ1n) is 10.6. The highest BCUT2D eigenvalue weighted by Crippen LogP contribution is 2.47. The lowest BCUT2D eigenvalue weighted by molar-refractivity contribution is -0.729. The maximum Gasteiger partial charge on any atom is 0.490 e. The van der Waals surface area contributed by atoms with Crippen molar-refractivity contribution in [2.45, 2.75) is 35.1 Å². The molecule has 2 heterocycles. The van der Waals surface area contributed by atoms with Crippen molar-refractivity contribution in [3.05, 3.63) is 59.5 Å². The van der Waals surface area contributed by atoms with Gasteiger partial charge in [-0.2, -0.15) is 13.2 Å². The van der Waals surface area contributed by atoms with Crippen molar-refractivity contribution in [2.24, 2.45) is 5.92 Å². The van der Waals surface area contributed by atoms with Gasteiger partial charge < -0.3 is 10.4 Å². The number of pyridine rings is 1. The number of amides is 1. The van der Waals surface area contributed by atoms with E-state index in [0.29, 0.717) is 5.02 Å². The van der Waals surface area contributed by atoms with Gasteiger partial charge in [-0.3, -0.25) is 4.79 Å². The summed E-state index contributed by atoms with van der Waals surface area (Å²) < 4.78 is 46.6. The number of hydrogen-bond donors (Lipinski definition) is 3. The molecule has 7 nitrogen and oxygen atoms in total. The average molecular weight is 546 g/mol. The van der Waals surface area contributed by atoms with Crippen LogP contribution in [0.5, 0.6) is 0 Å². The van der Waals surface area contributed by atoms with Crippen molar-refractivity contribution in [2.75, 3.05) is 13.7 Å². The Morgan fingerprint density at radius 1 is 1.25 bits per heavy atom. The van der Waals surface area contributed by atoms with Gasteiger partial charge >= 0.3 is 12.1 Å². The summed E-state index contributed by atoms with van der Waals surface area (Å²) in [5, 5.41) is 12.1. The molecule has 3 aromatic rings. The number of carbonyl (C=O) groups is 2. The quantitative estimate of drug-likeness (QED) is 0.297. The largest absolute Gasteiger partial charge is 0.490 e. The summed E-state index contributed by atoms with van der Waals surface area (Å²) in [6, 6.07) is 11.9. The van der Waals surface area contributed by atoms with Gasteiger partial charge in [0.25, 0.3) is 0 Å². The minimum absolute atomic E-state index is 0.0742. The lowest BCUT2D eigenvalue weighted by Gasteiger charge is -2.04. The molecule has 0 aliphatic heterocycles. The molecule has 2 aromatic heterocycles. The monoisotopic (exact) mass is 545 g/mol. The van der Waals surface area contributed by atoms with Gasteiger partial charge in [0.2, 0.25) is 17.3 Å². The number of rotatable bonds is 7. The topological polar surface area (TPSA) is 99.0 Å². The molecule has 0 saturated heterocycles. The summed E-state index contributed by atoms with van der Waals surface area (Å²) in [4.78, 5) is 28.3. The van der Waals surface area contributed by atoms with E-state index in [-0.39, 0.29) is 24.3 Å². The van der Waals surface area contributed by atoms with Gasteiger partial charge in [0.05, 0.1) is 5.02 Å². The molecule has 1 saturated carbocycles. The molecular weight excluding hydrogens is 524 g/mol. The fourth-order valence-corrected chi connectivity index (χ4v) is 4.53. The zero-order valence-corrected chi connectivity index (χ0v) is 20.4. The van der Waals surface area contributed by atoms with E-state index in [2.05, 4.69) is 27.4 Å². The van der Waals surface area contributed by atoms with Gasteiger partial charge in [0.1, 0.15) is 18.2 Å². The normalized spacial score (nSPS) is 16.6. The zero-order chi connectivity index (χ0) is 26.5. The van der Waals surface area contributed by atoms with E-state index in [1.807, 2.05) is 22.8 Å². The minimum Gasteiger partial charge on any atom is -0.475 e. The molecule has 0 spiro atoms. The van der Waals surface area contributed by atoms with Crippen LogP contribution in [0.2, 0.25) is 5.02 Å². The smallest absolute Gasteiger partial charge is 0.475 e. The summed E-state index contributed by atoms with van der Waals surface area (Å²) in [7, 11) is 1.67. The number of benzene rings is 1. The Morgan fingerprint density at radius 3 is 2.44 bits per heavy atom. The number of aromatic nitrogens is 3. The minimum atomic E-state index is -5.08. The molecule has 0 unspecified atom stereocenters. The van der Waals surface area contributed by atoms with Gasteiger partial charge in [-0.25, -0.2) is 23.7 Å². The van der Waals surface area contributed by atoms with Crippen molar-refractivity contribution >= 4 is 35.2 Å². The number of carboxylic acid groups (broad SMARTS) is 1. The molecule has 0 bridgehead atoms. The van der Waals surface area contributed by atoms with E-state index in [1.54, 1.807) is 25.6 Å². The van der Waals surface area contributed by atoms with Gasteiger partial charge in [-0.15, -0.1) is 0 Å². The van der Waals surface area contributed by atoms with Gasteiger partial charge in [0, 0.05) is 24.7 Å². The van der Waals surface area contributed by atoms with Crippen molar-refractivity contribution in [3.8, 4) is 11.3 Å². The zero-order valence-electron chi connectivity index (χ0n) is 18.9. The summed E-state index contributed by atoms with van der Waals surface area (Å²) in [6.07, 6.45) is -0.812. The van der Waals surface area contributed by atoms with E-state index in [1.165, 1.54) is 17.3 Å². The summed E-state index contributed by atoms with van der Waals surface area (Å²) in [6.45, 7) is -0.189. The molecule has 4 rings (SSSR count). The fraction of sp³-hybridized carbons (Fsp3) is 0.304. The number of nitrogens with zero attached hydrogens (tertiary/aromatic N) is 2. The van der Waals surface area contributed by atoms with E-state index in [9.17, 15) is 22.4 Å². The number of nitrogens with one attached hydrogen (secondary N) is 2. The number of carboxylic acids is 1. The Morgan fingerprint density at radius 2 is 1.92 bits per heavy atom. The Hall–Kier alpha value is -3.12. The summed E-state index contributed by atoms with van der Waals surface area (Å²) >= 11 is 7.39. The first-order chi connectivity index (χ1) is 17.0. The van der Waals surface area contributed by atoms with Crippen molar-refractivity contribution in [3.63, 3.8) is 0 Å². The molecule has 3 N–H and O–H groups in total. The van der Waals surface area contributed by atoms with E-state index in [4.69, 9.17) is 21.5 Å². The van der Waals surface area contributed by atoms with Crippen LogP contribution in [-0.2, 0) is 16.1 Å². The third-order valence-electron chi connectivity index (χ3n) is 5.31. The maximum absolute atomic E-state index is 13.0. The Labute approximate surface area is 212 Å². The van der Waals surface area contributed by atoms with Crippen LogP contribution in [0, 0.1) is 5.92 Å². The molecule has 2 atom stereocenters. The molecule has 1 aromatic carbocycles. The molecule has 13 heteroatoms. The molecule has 1 aliphatic rings. The maximum atomic E-state index is 13.0. The SMILES string of the molecule is CNC(=O)[C@H]1C[C@@H]1c1ccc(-c2[nH]c[n+](CCF)c2Sc2ccc(Cl)cn2)cc1.O=C(O)C(F)(F)F. The number of imidazole rings is 1. The molecule has 192 valence electrons. The second-order valence-electron chi connectivity index (χ2n) is 7.74. The Balaban J connectivity index is 0.000000454. The first kappa shape index (κ1) is 27.5. The highest BCUT2D eigenvalue weighted by Gasteiger charge is 2.43. The average Bonchev–Trinajstić information content (AvgIpc) is 3.56. The van der Waals surface area contributed by atoms with Crippen molar-refractivity contribution in [1.29, 1.82) is 0 Å². The standard InChI is InChI=1S/C21H20ClFN4OS.C2HF3O2/c1-24-20(28)17-10-16(17)13-2-4-14(5-3-13)19-21(27(9-8-23)12-26-19)29-18-7-6-15(22)11-25-18;3-2(4,5)1(6)7/h2-7,11-12,16-17H,8-10H2,1H3,(H,24,28);(H,6,7)/p+1/t16-,17+;/m1./s1. The van der Waals surface area contributed by atoms with Crippen LogP contribution in [0.3, 0.4) is 0 Å². The van der Waals surface area contributed by atoms with Crippen LogP contribution in [0.4, 0.5) is 17.6 Å². The highest BCUT2D eigenvalue weighted by atomic mass is 35.5. The van der Waals surface area contributed by atoms with E-state index in [0.717, 1.165) is 27.7 Å². The number of aryl methyl sites for hydroxylation is 1. The number of aromatic amines is 1. The molecular formula is C23H22ClF4N4O3S+. The second-order valence-corrected chi connectivity index (χ2v) is 9.19. The van der Waals surface area contributed by atoms with Crippen LogP contribution in [0.1, 0.15) is 17.9 Å². The Bertz CT molecular complexity index is 1200. The number of H-pyrrole nitrogens is 1. The van der Waals surface area contributed by atoms with E-state index < -0.39 is 18.8 Å². The number of alkyl halides is 4. The summed E-state index contributed by atoms with van der Waals surface area (Å²) in [5.41, 5.74) is 3.07. The molecule has 0 radical (unpaired) electrons. The van der Waals surface area contributed by atoms with Crippen LogP contribution >= 0.6 is 23.4 Å². The Kier molecular flexibility index (Phi) is 8.96. The predicted molar refractivity (Wildman–Crippen MR) is 124 cm³/mol. The van der Waals surface area contributed by atoms with Crippen LogP contribution in [0.15, 0.2) is 59.0 Å². The highest BCUT2D eigenvalue weighted by molar-refractivity contribution is 7.99. The predicted octanol–water partition coefficient (Wildman–Crippen LogP) is 4.62. The summed E-state index contributed by atoms with van der Waals surface area (Å²) in [5.74, 6) is -2.29. The lowest BCUT2D eigenvalue weighted by atomic mass is 10.1. The molecule has 36 heavy (non-hydrogen) atoms. The van der Waals surface area contributed by atoms with Crippen molar-refractivity contribution < 1.29 is 36.8 Å². The van der Waals surface area contributed by atoms with Gasteiger partial charge in [0.15, 0.2) is 5.69 Å². The van der Waals surface area contributed by atoms with E-state index >= 15 is 0 Å². The third kappa shape index (κ3) is 6.97. The molecule has 1 aliphatic carbocycles. The van der Waals surface area contributed by atoms with Crippen molar-refractivity contribution in [1.82, 2.24) is 15.3 Å². The van der Waals surface area contributed by atoms with Gasteiger partial charge in [-0.05, 0) is 41.8 Å². The number of hydrogen-bond acceptors (Lipinski definition) is 4. The second kappa shape index (κ2) is 11.7. The van der Waals surface area contributed by atoms with Crippen LogP contribution in [0.25, 0.3) is 11.3 Å². The molecule has 1 fully saturated rings. The van der Waals surface area contributed by atoms with Crippen LogP contribution in [-0.4, -0.2) is 46.8 Å². The number of halogens is 5. The van der Waals surface area contributed by atoms with Gasteiger partial charge in [-0.1, -0.05) is 35.9 Å². The lowest BCUT2D eigenvalue weighted by Crippen LogP contribution is -2.34. The molecule has 1 amide bonds. The third-order valence-corrected chi connectivity index (χ3v) is 6.62. The number of aliphatic carboxylic acids is 1. The number of carbonyl (C=O) groups excluding carboxylic acids is 1. The first-order valence-corrected chi connectivity index (χ1v) is 11.8. The fourth-order valence-electron chi connectivity index (χ4n) is 3.44. The van der Waals surface area contributed by atoms with Crippen LogP contribution < -0.4 is 9.88 Å².